The van der Waals surface area contributed by atoms with E-state index in [0.29, 0.717) is 6.04 Å². The van der Waals surface area contributed by atoms with Crippen molar-refractivity contribution >= 4 is 5.96 Å². The summed E-state index contributed by atoms with van der Waals surface area (Å²) in [5.74, 6) is 0.922. The summed E-state index contributed by atoms with van der Waals surface area (Å²) in [4.78, 5) is 9.37. The van der Waals surface area contributed by atoms with Crippen molar-refractivity contribution in [3.63, 3.8) is 0 Å². The molecule has 1 unspecified atom stereocenters. The largest absolute Gasteiger partial charge is 0.379 e. The fourth-order valence-corrected chi connectivity index (χ4v) is 3.23. The molecule has 0 aromatic carbocycles. The third-order valence-corrected chi connectivity index (χ3v) is 4.68. The molecule has 0 bridgehead atoms. The normalized spacial score (nSPS) is 22.7. The monoisotopic (exact) mass is 311 g/mol. The minimum Gasteiger partial charge on any atom is -0.379 e. The standard InChI is InChI=1S/C16H33N5O/c1-3-15(21-7-4-5-8-21)14-19-16(17-2)18-6-9-20-10-12-22-13-11-20/h15H,3-14H2,1-2H3,(H2,17,18,19). The number of hydrogen-bond acceptors (Lipinski definition) is 4. The van der Waals surface area contributed by atoms with E-state index >= 15 is 0 Å². The molecule has 6 nitrogen and oxygen atoms in total. The number of rotatable bonds is 7. The van der Waals surface area contributed by atoms with E-state index in [0.717, 1.165) is 51.9 Å². The molecule has 0 aromatic rings. The highest BCUT2D eigenvalue weighted by Crippen LogP contribution is 2.13. The van der Waals surface area contributed by atoms with Crippen molar-refractivity contribution in [1.82, 2.24) is 20.4 Å². The van der Waals surface area contributed by atoms with Crippen LogP contribution in [0.25, 0.3) is 0 Å². The topological polar surface area (TPSA) is 52.1 Å². The van der Waals surface area contributed by atoms with E-state index in [2.05, 4.69) is 32.3 Å². The first-order valence-corrected chi connectivity index (χ1v) is 8.82. The van der Waals surface area contributed by atoms with E-state index < -0.39 is 0 Å². The number of ether oxygens (including phenoxy) is 1. The maximum Gasteiger partial charge on any atom is 0.191 e. The second-order valence-electron chi connectivity index (χ2n) is 6.14. The first kappa shape index (κ1) is 17.5. The molecule has 2 rings (SSSR count). The molecule has 2 saturated heterocycles. The van der Waals surface area contributed by atoms with Crippen LogP contribution >= 0.6 is 0 Å². The van der Waals surface area contributed by atoms with Crippen LogP contribution in [0.5, 0.6) is 0 Å². The molecule has 0 amide bonds. The Morgan fingerprint density at radius 1 is 1.14 bits per heavy atom. The predicted octanol–water partition coefficient (Wildman–Crippen LogP) is 0.358. The molecular weight excluding hydrogens is 278 g/mol. The van der Waals surface area contributed by atoms with Crippen molar-refractivity contribution in [2.24, 2.45) is 4.99 Å². The summed E-state index contributed by atoms with van der Waals surface area (Å²) in [6.07, 6.45) is 3.89. The predicted molar refractivity (Wildman–Crippen MR) is 91.5 cm³/mol. The van der Waals surface area contributed by atoms with Gasteiger partial charge in [-0.15, -0.1) is 0 Å². The number of hydrogen-bond donors (Lipinski definition) is 2. The van der Waals surface area contributed by atoms with Crippen LogP contribution in [0.3, 0.4) is 0 Å². The molecule has 0 saturated carbocycles. The van der Waals surface area contributed by atoms with Gasteiger partial charge in [0.15, 0.2) is 5.96 Å². The smallest absolute Gasteiger partial charge is 0.191 e. The zero-order chi connectivity index (χ0) is 15.6. The lowest BCUT2D eigenvalue weighted by molar-refractivity contribution is 0.0389. The number of nitrogens with zero attached hydrogens (tertiary/aromatic N) is 3. The minimum absolute atomic E-state index is 0.625. The summed E-state index contributed by atoms with van der Waals surface area (Å²) in [5, 5.41) is 6.91. The van der Waals surface area contributed by atoms with Gasteiger partial charge in [-0.25, -0.2) is 0 Å². The number of morpholine rings is 1. The first-order chi connectivity index (χ1) is 10.8. The maximum absolute atomic E-state index is 5.37. The minimum atomic E-state index is 0.625. The van der Waals surface area contributed by atoms with Gasteiger partial charge in [-0.05, 0) is 32.4 Å². The second-order valence-corrected chi connectivity index (χ2v) is 6.14. The summed E-state index contributed by atoms with van der Waals surface area (Å²) in [6.45, 7) is 11.6. The van der Waals surface area contributed by atoms with E-state index in [1.165, 1.54) is 32.4 Å². The molecule has 2 aliphatic heterocycles. The Bertz CT molecular complexity index is 324. The summed E-state index contributed by atoms with van der Waals surface area (Å²) < 4.78 is 5.37. The molecule has 0 radical (unpaired) electrons. The Morgan fingerprint density at radius 2 is 1.86 bits per heavy atom. The van der Waals surface area contributed by atoms with Crippen molar-refractivity contribution < 1.29 is 4.74 Å². The fourth-order valence-electron chi connectivity index (χ4n) is 3.23. The molecule has 0 aromatic heterocycles. The van der Waals surface area contributed by atoms with Gasteiger partial charge in [-0.1, -0.05) is 6.92 Å². The quantitative estimate of drug-likeness (QED) is 0.525. The Hall–Kier alpha value is -0.850. The molecule has 0 spiro atoms. The highest BCUT2D eigenvalue weighted by molar-refractivity contribution is 5.79. The van der Waals surface area contributed by atoms with Gasteiger partial charge in [0.05, 0.1) is 13.2 Å². The number of nitrogens with one attached hydrogen (secondary N) is 2. The van der Waals surface area contributed by atoms with Gasteiger partial charge in [0.2, 0.25) is 0 Å². The van der Waals surface area contributed by atoms with Crippen LogP contribution in [-0.2, 0) is 4.74 Å². The van der Waals surface area contributed by atoms with Crippen molar-refractivity contribution in [3.8, 4) is 0 Å². The molecule has 128 valence electrons. The van der Waals surface area contributed by atoms with Crippen LogP contribution in [0, 0.1) is 0 Å². The average Bonchev–Trinajstić information content (AvgIpc) is 3.09. The highest BCUT2D eigenvalue weighted by Gasteiger charge is 2.20. The fraction of sp³-hybridized carbons (Fsp3) is 0.938. The molecule has 2 fully saturated rings. The molecule has 2 heterocycles. The van der Waals surface area contributed by atoms with Crippen LogP contribution in [0.2, 0.25) is 0 Å². The van der Waals surface area contributed by atoms with Crippen molar-refractivity contribution in [1.29, 1.82) is 0 Å². The van der Waals surface area contributed by atoms with E-state index in [9.17, 15) is 0 Å². The van der Waals surface area contributed by atoms with E-state index in [1.54, 1.807) is 0 Å². The number of likely N-dealkylation sites (tertiary alicyclic amines) is 1. The summed E-state index contributed by atoms with van der Waals surface area (Å²) in [7, 11) is 1.85. The Morgan fingerprint density at radius 3 is 2.50 bits per heavy atom. The molecule has 2 N–H and O–H groups in total. The molecule has 2 aliphatic rings. The van der Waals surface area contributed by atoms with E-state index in [4.69, 9.17) is 4.74 Å². The number of aliphatic imine (C=N–C) groups is 1. The van der Waals surface area contributed by atoms with Gasteiger partial charge in [0.25, 0.3) is 0 Å². The molecule has 6 heteroatoms. The average molecular weight is 311 g/mol. The Kier molecular flexibility index (Phi) is 7.98. The van der Waals surface area contributed by atoms with Gasteiger partial charge in [0.1, 0.15) is 0 Å². The highest BCUT2D eigenvalue weighted by atomic mass is 16.5. The van der Waals surface area contributed by atoms with E-state index in [1.807, 2.05) is 7.05 Å². The first-order valence-electron chi connectivity index (χ1n) is 8.82. The third-order valence-electron chi connectivity index (χ3n) is 4.68. The van der Waals surface area contributed by atoms with Crippen LogP contribution in [0.15, 0.2) is 4.99 Å². The third kappa shape index (κ3) is 5.74. The van der Waals surface area contributed by atoms with E-state index in [-0.39, 0.29) is 0 Å². The van der Waals surface area contributed by atoms with Crippen LogP contribution in [-0.4, -0.2) is 87.9 Å². The Balaban J connectivity index is 1.63. The van der Waals surface area contributed by atoms with Gasteiger partial charge < -0.3 is 15.4 Å². The van der Waals surface area contributed by atoms with Gasteiger partial charge in [-0.3, -0.25) is 14.8 Å². The molecule has 1 atom stereocenters. The zero-order valence-electron chi connectivity index (χ0n) is 14.3. The maximum atomic E-state index is 5.37. The summed E-state index contributed by atoms with van der Waals surface area (Å²) >= 11 is 0. The van der Waals surface area contributed by atoms with Crippen LogP contribution in [0.1, 0.15) is 26.2 Å². The van der Waals surface area contributed by atoms with Crippen molar-refractivity contribution in [3.05, 3.63) is 0 Å². The summed E-state index contributed by atoms with van der Waals surface area (Å²) in [6, 6.07) is 0.625. The molecular formula is C16H33N5O. The van der Waals surface area contributed by atoms with Crippen molar-refractivity contribution in [2.75, 3.05) is 66.1 Å². The second kappa shape index (κ2) is 10.0. The van der Waals surface area contributed by atoms with Crippen molar-refractivity contribution in [2.45, 2.75) is 32.2 Å². The SMILES string of the molecule is CCC(CNC(=NC)NCCN1CCOCC1)N1CCCC1. The lowest BCUT2D eigenvalue weighted by atomic mass is 10.2. The van der Waals surface area contributed by atoms with Gasteiger partial charge in [0, 0.05) is 45.8 Å². The summed E-state index contributed by atoms with van der Waals surface area (Å²) in [5.41, 5.74) is 0. The Labute approximate surface area is 135 Å². The van der Waals surface area contributed by atoms with Gasteiger partial charge >= 0.3 is 0 Å². The zero-order valence-corrected chi connectivity index (χ0v) is 14.3. The number of guanidine groups is 1. The van der Waals surface area contributed by atoms with Crippen LogP contribution < -0.4 is 10.6 Å². The van der Waals surface area contributed by atoms with Gasteiger partial charge in [-0.2, -0.15) is 0 Å². The lowest BCUT2D eigenvalue weighted by Crippen LogP contribution is -2.48. The molecule has 22 heavy (non-hydrogen) atoms. The lowest BCUT2D eigenvalue weighted by Gasteiger charge is -2.28. The van der Waals surface area contributed by atoms with Crippen LogP contribution in [0.4, 0.5) is 0 Å². The molecule has 0 aliphatic carbocycles.